The average molecular weight is 342 g/mol. The van der Waals surface area contributed by atoms with Crippen LogP contribution in [0.5, 0.6) is 0 Å². The Morgan fingerprint density at radius 1 is 1.12 bits per heavy atom. The van der Waals surface area contributed by atoms with Crippen LogP contribution in [-0.4, -0.2) is 15.7 Å². The largest absolute Gasteiger partial charge is 0.310 e. The molecule has 0 bridgehead atoms. The lowest BCUT2D eigenvalue weighted by Gasteiger charge is -2.23. The fourth-order valence-corrected chi connectivity index (χ4v) is 3.12. The number of rotatable bonds is 2. The lowest BCUT2D eigenvalue weighted by atomic mass is 9.87. The van der Waals surface area contributed by atoms with E-state index in [0.717, 1.165) is 11.1 Å². The summed E-state index contributed by atoms with van der Waals surface area (Å²) in [5, 5.41) is 7.91. The van der Waals surface area contributed by atoms with Crippen LogP contribution in [0.15, 0.2) is 54.7 Å². The van der Waals surface area contributed by atoms with E-state index < -0.39 is 0 Å². The second kappa shape index (κ2) is 5.76. The van der Waals surface area contributed by atoms with Gasteiger partial charge in [-0.15, -0.1) is 0 Å². The van der Waals surface area contributed by atoms with Crippen molar-refractivity contribution in [3.8, 4) is 5.69 Å². The first-order valence-corrected chi connectivity index (χ1v) is 7.89. The van der Waals surface area contributed by atoms with Gasteiger partial charge in [0.1, 0.15) is 11.6 Å². The molecule has 0 aliphatic carbocycles. The molecule has 3 aromatic rings. The summed E-state index contributed by atoms with van der Waals surface area (Å²) in [5.41, 5.74) is 2.63. The summed E-state index contributed by atoms with van der Waals surface area (Å²) in [6.45, 7) is 0. The van der Waals surface area contributed by atoms with Gasteiger partial charge in [0.05, 0.1) is 11.9 Å². The molecule has 24 heavy (non-hydrogen) atoms. The zero-order valence-electron chi connectivity index (χ0n) is 12.5. The second-order valence-corrected chi connectivity index (χ2v) is 6.13. The first kappa shape index (κ1) is 14.9. The number of benzene rings is 2. The molecule has 1 N–H and O–H groups in total. The predicted molar refractivity (Wildman–Crippen MR) is 90.1 cm³/mol. The lowest BCUT2D eigenvalue weighted by molar-refractivity contribution is -0.116. The standard InChI is InChI=1S/C18H13ClFN3O/c19-12-3-1-11(2-4-12)15-9-17(24)22-18-16(15)10-21-23(18)14-7-5-13(20)6-8-14/h1-8,10,15H,9H2,(H,22,24)/t15-/m1/s1. The third kappa shape index (κ3) is 2.57. The minimum Gasteiger partial charge on any atom is -0.310 e. The van der Waals surface area contributed by atoms with Crippen molar-refractivity contribution in [1.29, 1.82) is 0 Å². The number of hydrogen-bond donors (Lipinski definition) is 1. The van der Waals surface area contributed by atoms with E-state index in [4.69, 9.17) is 11.6 Å². The number of anilines is 1. The molecule has 1 amide bonds. The smallest absolute Gasteiger partial charge is 0.226 e. The van der Waals surface area contributed by atoms with E-state index in [9.17, 15) is 9.18 Å². The molecule has 0 unspecified atom stereocenters. The van der Waals surface area contributed by atoms with Gasteiger partial charge in [0.2, 0.25) is 5.91 Å². The predicted octanol–water partition coefficient (Wildman–Crippen LogP) is 4.14. The Balaban J connectivity index is 1.80. The number of fused-ring (bicyclic) bond motifs is 1. The molecular formula is C18H13ClFN3O. The maximum atomic E-state index is 13.1. The second-order valence-electron chi connectivity index (χ2n) is 5.69. The van der Waals surface area contributed by atoms with Gasteiger partial charge in [-0.1, -0.05) is 23.7 Å². The van der Waals surface area contributed by atoms with Crippen molar-refractivity contribution in [3.63, 3.8) is 0 Å². The molecule has 1 aromatic heterocycles. The highest BCUT2D eigenvalue weighted by Crippen LogP contribution is 2.38. The van der Waals surface area contributed by atoms with Gasteiger partial charge in [0.15, 0.2) is 0 Å². The SMILES string of the molecule is O=C1C[C@H](c2ccc(Cl)cc2)c2cnn(-c3ccc(F)cc3)c2N1. The summed E-state index contributed by atoms with van der Waals surface area (Å²) in [6.07, 6.45) is 2.10. The first-order chi connectivity index (χ1) is 11.6. The third-order valence-corrected chi connectivity index (χ3v) is 4.42. The molecule has 0 saturated heterocycles. The van der Waals surface area contributed by atoms with E-state index in [1.807, 2.05) is 24.3 Å². The monoisotopic (exact) mass is 341 g/mol. The van der Waals surface area contributed by atoms with Crippen molar-refractivity contribution in [2.75, 3.05) is 5.32 Å². The van der Waals surface area contributed by atoms with E-state index in [1.165, 1.54) is 12.1 Å². The average Bonchev–Trinajstić information content (AvgIpc) is 2.99. The third-order valence-electron chi connectivity index (χ3n) is 4.16. The Kier molecular flexibility index (Phi) is 3.58. The zero-order valence-corrected chi connectivity index (χ0v) is 13.3. The maximum Gasteiger partial charge on any atom is 0.226 e. The molecule has 0 spiro atoms. The molecule has 2 heterocycles. The minimum absolute atomic E-state index is 0.0775. The Morgan fingerprint density at radius 3 is 2.54 bits per heavy atom. The highest BCUT2D eigenvalue weighted by atomic mass is 35.5. The van der Waals surface area contributed by atoms with Crippen LogP contribution < -0.4 is 5.32 Å². The molecule has 1 atom stereocenters. The number of nitrogens with one attached hydrogen (secondary N) is 1. The summed E-state index contributed by atoms with van der Waals surface area (Å²) in [6, 6.07) is 13.5. The number of aromatic nitrogens is 2. The number of carbonyl (C=O) groups is 1. The molecular weight excluding hydrogens is 329 g/mol. The highest BCUT2D eigenvalue weighted by Gasteiger charge is 2.30. The van der Waals surface area contributed by atoms with Gasteiger partial charge in [-0.05, 0) is 42.0 Å². The van der Waals surface area contributed by atoms with Crippen LogP contribution in [-0.2, 0) is 4.79 Å². The molecule has 0 saturated carbocycles. The van der Waals surface area contributed by atoms with Crippen molar-refractivity contribution < 1.29 is 9.18 Å². The van der Waals surface area contributed by atoms with Crippen LogP contribution in [0.1, 0.15) is 23.5 Å². The Morgan fingerprint density at radius 2 is 1.83 bits per heavy atom. The van der Waals surface area contributed by atoms with Crippen LogP contribution in [0.2, 0.25) is 5.02 Å². The fraction of sp³-hybridized carbons (Fsp3) is 0.111. The number of amides is 1. The number of nitrogens with zero attached hydrogens (tertiary/aromatic N) is 2. The van der Waals surface area contributed by atoms with Crippen LogP contribution in [0.3, 0.4) is 0 Å². The van der Waals surface area contributed by atoms with Crippen LogP contribution in [0.4, 0.5) is 10.2 Å². The zero-order chi connectivity index (χ0) is 16.7. The quantitative estimate of drug-likeness (QED) is 0.761. The summed E-state index contributed by atoms with van der Waals surface area (Å²) in [4.78, 5) is 12.2. The number of halogens is 2. The molecule has 4 rings (SSSR count). The molecule has 2 aromatic carbocycles. The highest BCUT2D eigenvalue weighted by molar-refractivity contribution is 6.30. The summed E-state index contributed by atoms with van der Waals surface area (Å²) < 4.78 is 14.8. The molecule has 0 fully saturated rings. The lowest BCUT2D eigenvalue weighted by Crippen LogP contribution is -2.24. The Labute approximate surface area is 142 Å². The normalized spacial score (nSPS) is 16.6. The van der Waals surface area contributed by atoms with Crippen molar-refractivity contribution in [3.05, 3.63) is 76.7 Å². The van der Waals surface area contributed by atoms with Crippen LogP contribution in [0, 0.1) is 5.82 Å². The minimum atomic E-state index is -0.317. The fourth-order valence-electron chi connectivity index (χ4n) is 2.99. The topological polar surface area (TPSA) is 46.9 Å². The van der Waals surface area contributed by atoms with E-state index in [-0.39, 0.29) is 17.6 Å². The van der Waals surface area contributed by atoms with E-state index in [1.54, 1.807) is 23.0 Å². The van der Waals surface area contributed by atoms with Gasteiger partial charge >= 0.3 is 0 Å². The van der Waals surface area contributed by atoms with Gasteiger partial charge < -0.3 is 5.32 Å². The summed E-state index contributed by atoms with van der Waals surface area (Å²) in [7, 11) is 0. The van der Waals surface area contributed by atoms with E-state index in [0.29, 0.717) is 22.9 Å². The first-order valence-electron chi connectivity index (χ1n) is 7.51. The summed E-state index contributed by atoms with van der Waals surface area (Å²) in [5.74, 6) is 0.146. The van der Waals surface area contributed by atoms with Crippen molar-refractivity contribution >= 4 is 23.3 Å². The molecule has 1 aliphatic rings. The number of hydrogen-bond acceptors (Lipinski definition) is 2. The van der Waals surface area contributed by atoms with Gasteiger partial charge in [-0.3, -0.25) is 4.79 Å². The van der Waals surface area contributed by atoms with Gasteiger partial charge in [0.25, 0.3) is 0 Å². The van der Waals surface area contributed by atoms with E-state index >= 15 is 0 Å². The molecule has 120 valence electrons. The van der Waals surface area contributed by atoms with Crippen LogP contribution in [0.25, 0.3) is 5.69 Å². The molecule has 1 aliphatic heterocycles. The van der Waals surface area contributed by atoms with Gasteiger partial charge in [0, 0.05) is 22.9 Å². The van der Waals surface area contributed by atoms with E-state index in [2.05, 4.69) is 10.4 Å². The van der Waals surface area contributed by atoms with Crippen LogP contribution >= 0.6 is 11.6 Å². The Bertz CT molecular complexity index is 903. The number of carbonyl (C=O) groups excluding carboxylic acids is 1. The summed E-state index contributed by atoms with van der Waals surface area (Å²) >= 11 is 5.95. The Hall–Kier alpha value is -2.66. The van der Waals surface area contributed by atoms with Gasteiger partial charge in [-0.25, -0.2) is 9.07 Å². The maximum absolute atomic E-state index is 13.1. The van der Waals surface area contributed by atoms with Crippen molar-refractivity contribution in [2.45, 2.75) is 12.3 Å². The van der Waals surface area contributed by atoms with Crippen molar-refractivity contribution in [1.82, 2.24) is 9.78 Å². The molecule has 6 heteroatoms. The molecule has 0 radical (unpaired) electrons. The van der Waals surface area contributed by atoms with Gasteiger partial charge in [-0.2, -0.15) is 5.10 Å². The van der Waals surface area contributed by atoms with Crippen molar-refractivity contribution in [2.24, 2.45) is 0 Å². The molecule has 4 nitrogen and oxygen atoms in total.